The van der Waals surface area contributed by atoms with E-state index in [4.69, 9.17) is 5.11 Å². The minimum atomic E-state index is -4.42. The van der Waals surface area contributed by atoms with Gasteiger partial charge in [0, 0.05) is 29.4 Å². The number of hydrogen-bond donors (Lipinski definition) is 2. The molecule has 6 heteroatoms. The monoisotopic (exact) mass is 317 g/mol. The Balaban J connectivity index is 3.07. The second-order valence-corrected chi connectivity index (χ2v) is 3.46. The van der Waals surface area contributed by atoms with Crippen molar-refractivity contribution in [3.63, 3.8) is 0 Å². The lowest BCUT2D eigenvalue weighted by Gasteiger charge is -2.09. The standard InChI is InChI=1S/C8H7F3INO/c9-8(10,11)6-1-5(4-13-12)2-7(14)3-6/h1-3,13-14H,4H2. The highest BCUT2D eigenvalue weighted by Gasteiger charge is 2.31. The summed E-state index contributed by atoms with van der Waals surface area (Å²) in [6.07, 6.45) is -4.42. The molecule has 0 amide bonds. The van der Waals surface area contributed by atoms with Gasteiger partial charge in [-0.25, -0.2) is 0 Å². The van der Waals surface area contributed by atoms with Crippen LogP contribution in [-0.4, -0.2) is 5.11 Å². The van der Waals surface area contributed by atoms with E-state index in [9.17, 15) is 13.2 Å². The molecule has 0 radical (unpaired) electrons. The maximum atomic E-state index is 12.3. The lowest BCUT2D eigenvalue weighted by atomic mass is 10.1. The molecule has 14 heavy (non-hydrogen) atoms. The molecule has 78 valence electrons. The van der Waals surface area contributed by atoms with Crippen LogP contribution in [0.3, 0.4) is 0 Å². The second-order valence-electron chi connectivity index (χ2n) is 2.70. The molecule has 0 aromatic heterocycles. The van der Waals surface area contributed by atoms with Gasteiger partial charge in [0.15, 0.2) is 0 Å². The van der Waals surface area contributed by atoms with E-state index in [1.54, 1.807) is 0 Å². The number of halogens is 4. The van der Waals surface area contributed by atoms with Crippen molar-refractivity contribution < 1.29 is 18.3 Å². The van der Waals surface area contributed by atoms with Gasteiger partial charge < -0.3 is 5.11 Å². The number of hydrogen-bond acceptors (Lipinski definition) is 2. The molecule has 2 N–H and O–H groups in total. The Morgan fingerprint density at radius 1 is 1.29 bits per heavy atom. The molecular formula is C8H7F3INO. The number of nitrogens with one attached hydrogen (secondary N) is 1. The molecule has 0 atom stereocenters. The van der Waals surface area contributed by atoms with Crippen LogP contribution in [0.5, 0.6) is 5.75 Å². The minimum absolute atomic E-state index is 0.276. The van der Waals surface area contributed by atoms with Crippen LogP contribution in [-0.2, 0) is 12.7 Å². The first-order valence-electron chi connectivity index (χ1n) is 3.67. The average molecular weight is 317 g/mol. The highest BCUT2D eigenvalue weighted by Crippen LogP contribution is 2.32. The topological polar surface area (TPSA) is 32.3 Å². The molecule has 0 saturated carbocycles. The van der Waals surface area contributed by atoms with Crippen LogP contribution in [0, 0.1) is 0 Å². The first-order valence-corrected chi connectivity index (χ1v) is 4.75. The predicted octanol–water partition coefficient (Wildman–Crippen LogP) is 2.85. The number of phenolic OH excluding ortho intramolecular Hbond substituents is 1. The van der Waals surface area contributed by atoms with Crippen LogP contribution in [0.15, 0.2) is 18.2 Å². The van der Waals surface area contributed by atoms with Crippen LogP contribution in [0.25, 0.3) is 0 Å². The molecular weight excluding hydrogens is 310 g/mol. The summed E-state index contributed by atoms with van der Waals surface area (Å²) in [5.41, 5.74) is -0.439. The zero-order chi connectivity index (χ0) is 10.8. The van der Waals surface area contributed by atoms with Crippen molar-refractivity contribution in [3.8, 4) is 5.75 Å². The number of phenols is 1. The van der Waals surface area contributed by atoms with Crippen molar-refractivity contribution in [3.05, 3.63) is 29.3 Å². The van der Waals surface area contributed by atoms with Gasteiger partial charge in [-0.15, -0.1) is 0 Å². The predicted molar refractivity (Wildman–Crippen MR) is 54.0 cm³/mol. The highest BCUT2D eigenvalue weighted by atomic mass is 127. The Bertz CT molecular complexity index is 327. The third kappa shape index (κ3) is 3.02. The van der Waals surface area contributed by atoms with E-state index in [1.165, 1.54) is 6.07 Å². The second kappa shape index (κ2) is 4.35. The number of benzene rings is 1. The fourth-order valence-electron chi connectivity index (χ4n) is 1.02. The summed E-state index contributed by atoms with van der Waals surface area (Å²) in [5.74, 6) is -0.374. The summed E-state index contributed by atoms with van der Waals surface area (Å²) in [6.45, 7) is 0.276. The van der Waals surface area contributed by atoms with Gasteiger partial charge in [0.2, 0.25) is 0 Å². The summed E-state index contributed by atoms with van der Waals surface area (Å²) in [7, 11) is 0. The minimum Gasteiger partial charge on any atom is -0.508 e. The molecule has 0 unspecified atom stereocenters. The molecule has 0 aliphatic carbocycles. The van der Waals surface area contributed by atoms with Gasteiger partial charge in [0.1, 0.15) is 5.75 Å². The van der Waals surface area contributed by atoms with Crippen molar-refractivity contribution >= 4 is 22.9 Å². The molecule has 0 heterocycles. The number of alkyl halides is 3. The molecule has 0 aliphatic rings. The van der Waals surface area contributed by atoms with Crippen LogP contribution in [0.2, 0.25) is 0 Å². The van der Waals surface area contributed by atoms with Gasteiger partial charge in [-0.05, 0) is 23.8 Å². The molecule has 0 aliphatic heterocycles. The van der Waals surface area contributed by atoms with Crippen LogP contribution in [0.1, 0.15) is 11.1 Å². The largest absolute Gasteiger partial charge is 0.508 e. The highest BCUT2D eigenvalue weighted by molar-refractivity contribution is 14.1. The molecule has 0 fully saturated rings. The number of rotatable bonds is 2. The van der Waals surface area contributed by atoms with Crippen molar-refractivity contribution in [1.29, 1.82) is 0 Å². The molecule has 1 aromatic carbocycles. The molecule has 1 rings (SSSR count). The van der Waals surface area contributed by atoms with E-state index in [2.05, 4.69) is 3.53 Å². The Morgan fingerprint density at radius 2 is 1.93 bits per heavy atom. The van der Waals surface area contributed by atoms with E-state index < -0.39 is 11.7 Å². The van der Waals surface area contributed by atoms with Crippen molar-refractivity contribution in [2.24, 2.45) is 0 Å². The number of aromatic hydroxyl groups is 1. The lowest BCUT2D eigenvalue weighted by Crippen LogP contribution is -2.06. The SMILES string of the molecule is Oc1cc(CNI)cc(C(F)(F)F)c1. The zero-order valence-electron chi connectivity index (χ0n) is 6.90. The van der Waals surface area contributed by atoms with Gasteiger partial charge >= 0.3 is 6.18 Å². The van der Waals surface area contributed by atoms with Crippen molar-refractivity contribution in [1.82, 2.24) is 3.53 Å². The Labute approximate surface area is 92.6 Å². The van der Waals surface area contributed by atoms with Crippen LogP contribution >= 0.6 is 22.9 Å². The summed E-state index contributed by atoms with van der Waals surface area (Å²) in [5, 5.41) is 9.05. The molecule has 2 nitrogen and oxygen atoms in total. The van der Waals surface area contributed by atoms with Gasteiger partial charge in [-0.2, -0.15) is 13.2 Å². The fourth-order valence-corrected chi connectivity index (χ4v) is 1.46. The smallest absolute Gasteiger partial charge is 0.416 e. The summed E-state index contributed by atoms with van der Waals surface area (Å²) in [4.78, 5) is 0. The maximum Gasteiger partial charge on any atom is 0.416 e. The lowest BCUT2D eigenvalue weighted by molar-refractivity contribution is -0.137. The summed E-state index contributed by atoms with van der Waals surface area (Å²) >= 11 is 1.82. The quantitative estimate of drug-likeness (QED) is 0.649. The van der Waals surface area contributed by atoms with Gasteiger partial charge in [0.25, 0.3) is 0 Å². The maximum absolute atomic E-state index is 12.3. The van der Waals surface area contributed by atoms with E-state index in [1.807, 2.05) is 22.9 Å². The van der Waals surface area contributed by atoms with Crippen molar-refractivity contribution in [2.75, 3.05) is 0 Å². The Hall–Kier alpha value is -0.500. The van der Waals surface area contributed by atoms with E-state index in [0.717, 1.165) is 6.07 Å². The fraction of sp³-hybridized carbons (Fsp3) is 0.250. The van der Waals surface area contributed by atoms with E-state index >= 15 is 0 Å². The van der Waals surface area contributed by atoms with Gasteiger partial charge in [0.05, 0.1) is 5.56 Å². The van der Waals surface area contributed by atoms with Crippen molar-refractivity contribution in [2.45, 2.75) is 12.7 Å². The molecule has 0 spiro atoms. The van der Waals surface area contributed by atoms with E-state index in [0.29, 0.717) is 11.6 Å². The average Bonchev–Trinajstić information content (AvgIpc) is 2.02. The summed E-state index contributed by atoms with van der Waals surface area (Å²) < 4.78 is 39.4. The normalized spacial score (nSPS) is 11.7. The first-order chi connectivity index (χ1) is 6.43. The first kappa shape index (κ1) is 11.6. The molecule has 0 saturated heterocycles. The Kier molecular flexibility index (Phi) is 3.59. The molecule has 0 bridgehead atoms. The third-order valence-electron chi connectivity index (χ3n) is 1.58. The van der Waals surface area contributed by atoms with E-state index in [-0.39, 0.29) is 12.3 Å². The van der Waals surface area contributed by atoms with Gasteiger partial charge in [-0.1, -0.05) is 0 Å². The van der Waals surface area contributed by atoms with Crippen LogP contribution in [0.4, 0.5) is 13.2 Å². The van der Waals surface area contributed by atoms with Gasteiger partial charge in [-0.3, -0.25) is 3.53 Å². The summed E-state index contributed by atoms with van der Waals surface area (Å²) in [6, 6.07) is 3.00. The molecule has 1 aromatic rings. The third-order valence-corrected chi connectivity index (χ3v) is 1.96. The van der Waals surface area contributed by atoms with Crippen LogP contribution < -0.4 is 3.53 Å². The Morgan fingerprint density at radius 3 is 2.43 bits per heavy atom. The zero-order valence-corrected chi connectivity index (χ0v) is 9.06.